The molecule has 0 aromatic carbocycles. The van der Waals surface area contributed by atoms with Crippen LogP contribution in [0.15, 0.2) is 0 Å². The van der Waals surface area contributed by atoms with E-state index in [1.54, 1.807) is 0 Å². The second kappa shape index (κ2) is 7.67. The van der Waals surface area contributed by atoms with Crippen LogP contribution in [0.5, 0.6) is 0 Å². The van der Waals surface area contributed by atoms with Crippen molar-refractivity contribution in [2.24, 2.45) is 11.7 Å². The molecule has 0 spiro atoms. The van der Waals surface area contributed by atoms with Crippen molar-refractivity contribution in [1.82, 2.24) is 9.80 Å². The van der Waals surface area contributed by atoms with Gasteiger partial charge in [-0.2, -0.15) is 0 Å². The van der Waals surface area contributed by atoms with Crippen LogP contribution in [0, 0.1) is 5.92 Å². The zero-order valence-corrected chi connectivity index (χ0v) is 11.3. The molecule has 1 amide bonds. The fourth-order valence-corrected chi connectivity index (χ4v) is 2.30. The Kier molecular flexibility index (Phi) is 6.52. The van der Waals surface area contributed by atoms with E-state index in [0.717, 1.165) is 25.3 Å². The average Bonchev–Trinajstić information content (AvgIpc) is 2.34. The number of nitrogens with two attached hydrogens (primary N) is 1. The Balaban J connectivity index is 2.14. The number of amides is 1. The number of rotatable bonds is 6. The Morgan fingerprint density at radius 3 is 2.65 bits per heavy atom. The molecule has 0 unspecified atom stereocenters. The minimum atomic E-state index is 0.239. The SMILES string of the molecule is CN1CCC(CCN(C)C(=O)CCCN)CC1. The van der Waals surface area contributed by atoms with E-state index in [-0.39, 0.29) is 5.91 Å². The first-order valence-corrected chi connectivity index (χ1v) is 6.76. The van der Waals surface area contributed by atoms with Gasteiger partial charge < -0.3 is 15.5 Å². The van der Waals surface area contributed by atoms with Crippen LogP contribution in [0.2, 0.25) is 0 Å². The minimum Gasteiger partial charge on any atom is -0.346 e. The first-order chi connectivity index (χ1) is 8.13. The van der Waals surface area contributed by atoms with Crippen LogP contribution < -0.4 is 5.73 Å². The van der Waals surface area contributed by atoms with Gasteiger partial charge in [-0.05, 0) is 58.3 Å². The molecule has 0 saturated carbocycles. The molecule has 2 N–H and O–H groups in total. The van der Waals surface area contributed by atoms with Crippen molar-refractivity contribution in [2.45, 2.75) is 32.1 Å². The third kappa shape index (κ3) is 5.50. The van der Waals surface area contributed by atoms with Crippen LogP contribution in [0.1, 0.15) is 32.1 Å². The summed E-state index contributed by atoms with van der Waals surface area (Å²) in [6.07, 6.45) is 5.11. The van der Waals surface area contributed by atoms with Crippen molar-refractivity contribution in [3.05, 3.63) is 0 Å². The zero-order chi connectivity index (χ0) is 12.7. The summed E-state index contributed by atoms with van der Waals surface area (Å²) < 4.78 is 0. The molecule has 1 aliphatic heterocycles. The highest BCUT2D eigenvalue weighted by Crippen LogP contribution is 2.19. The quantitative estimate of drug-likeness (QED) is 0.752. The van der Waals surface area contributed by atoms with Crippen molar-refractivity contribution >= 4 is 5.91 Å². The van der Waals surface area contributed by atoms with Crippen molar-refractivity contribution in [2.75, 3.05) is 40.3 Å². The molecule has 1 fully saturated rings. The Labute approximate surface area is 105 Å². The maximum atomic E-state index is 11.7. The number of hydrogen-bond donors (Lipinski definition) is 1. The first kappa shape index (κ1) is 14.5. The summed E-state index contributed by atoms with van der Waals surface area (Å²) in [5, 5.41) is 0. The van der Waals surface area contributed by atoms with E-state index in [4.69, 9.17) is 5.73 Å². The molecule has 0 bridgehead atoms. The maximum Gasteiger partial charge on any atom is 0.222 e. The fraction of sp³-hybridized carbons (Fsp3) is 0.923. The summed E-state index contributed by atoms with van der Waals surface area (Å²) in [4.78, 5) is 15.9. The summed E-state index contributed by atoms with van der Waals surface area (Å²) in [6, 6.07) is 0. The van der Waals surface area contributed by atoms with Gasteiger partial charge in [0.25, 0.3) is 0 Å². The standard InChI is InChI=1S/C13H27N3O/c1-15-9-5-12(6-10-15)7-11-16(2)13(17)4-3-8-14/h12H,3-11,14H2,1-2H3. The lowest BCUT2D eigenvalue weighted by Gasteiger charge is -2.30. The lowest BCUT2D eigenvalue weighted by Crippen LogP contribution is -2.33. The molecular formula is C13H27N3O. The lowest BCUT2D eigenvalue weighted by atomic mass is 9.93. The first-order valence-electron chi connectivity index (χ1n) is 6.76. The molecule has 100 valence electrons. The Hall–Kier alpha value is -0.610. The summed E-state index contributed by atoms with van der Waals surface area (Å²) in [5.41, 5.74) is 5.41. The minimum absolute atomic E-state index is 0.239. The van der Waals surface area contributed by atoms with Gasteiger partial charge in [-0.15, -0.1) is 0 Å². The molecule has 0 aliphatic carbocycles. The van der Waals surface area contributed by atoms with Crippen molar-refractivity contribution < 1.29 is 4.79 Å². The molecule has 4 nitrogen and oxygen atoms in total. The van der Waals surface area contributed by atoms with Crippen LogP contribution >= 0.6 is 0 Å². The highest BCUT2D eigenvalue weighted by Gasteiger charge is 2.17. The van der Waals surface area contributed by atoms with Gasteiger partial charge in [0.1, 0.15) is 0 Å². The maximum absolute atomic E-state index is 11.7. The number of hydrogen-bond acceptors (Lipinski definition) is 3. The molecule has 1 heterocycles. The molecule has 0 atom stereocenters. The monoisotopic (exact) mass is 241 g/mol. The number of nitrogens with zero attached hydrogens (tertiary/aromatic N) is 2. The van der Waals surface area contributed by atoms with E-state index >= 15 is 0 Å². The number of carbonyl (C=O) groups is 1. The Bertz CT molecular complexity index is 225. The highest BCUT2D eigenvalue weighted by atomic mass is 16.2. The van der Waals surface area contributed by atoms with Gasteiger partial charge in [0.15, 0.2) is 0 Å². The normalized spacial score (nSPS) is 18.3. The predicted octanol–water partition coefficient (Wildman–Crippen LogP) is 0.916. The predicted molar refractivity (Wildman–Crippen MR) is 70.8 cm³/mol. The summed E-state index contributed by atoms with van der Waals surface area (Å²) >= 11 is 0. The van der Waals surface area contributed by atoms with Crippen LogP contribution in [-0.4, -0.2) is 56.0 Å². The Morgan fingerprint density at radius 2 is 2.06 bits per heavy atom. The lowest BCUT2D eigenvalue weighted by molar-refractivity contribution is -0.130. The van der Waals surface area contributed by atoms with Crippen LogP contribution in [0.4, 0.5) is 0 Å². The summed E-state index contributed by atoms with van der Waals surface area (Å²) in [5.74, 6) is 1.04. The summed E-state index contributed by atoms with van der Waals surface area (Å²) in [7, 11) is 4.09. The molecule has 1 rings (SSSR count). The van der Waals surface area contributed by atoms with Crippen molar-refractivity contribution in [3.63, 3.8) is 0 Å². The molecule has 1 aliphatic rings. The largest absolute Gasteiger partial charge is 0.346 e. The molecule has 4 heteroatoms. The van der Waals surface area contributed by atoms with Crippen molar-refractivity contribution in [3.8, 4) is 0 Å². The van der Waals surface area contributed by atoms with E-state index in [9.17, 15) is 4.79 Å². The van der Waals surface area contributed by atoms with Gasteiger partial charge in [0.05, 0.1) is 0 Å². The van der Waals surface area contributed by atoms with Gasteiger partial charge in [0.2, 0.25) is 5.91 Å². The van der Waals surface area contributed by atoms with Gasteiger partial charge in [-0.25, -0.2) is 0 Å². The molecular weight excluding hydrogens is 214 g/mol. The highest BCUT2D eigenvalue weighted by molar-refractivity contribution is 5.75. The van der Waals surface area contributed by atoms with Crippen molar-refractivity contribution in [1.29, 1.82) is 0 Å². The fourth-order valence-electron chi connectivity index (χ4n) is 2.30. The van der Waals surface area contributed by atoms with Crippen LogP contribution in [0.3, 0.4) is 0 Å². The van der Waals surface area contributed by atoms with Crippen LogP contribution in [0.25, 0.3) is 0 Å². The Morgan fingerprint density at radius 1 is 1.41 bits per heavy atom. The number of carbonyl (C=O) groups excluding carboxylic acids is 1. The van der Waals surface area contributed by atoms with Gasteiger partial charge in [-0.1, -0.05) is 0 Å². The molecule has 0 aromatic rings. The second-order valence-electron chi connectivity index (χ2n) is 5.24. The third-order valence-electron chi connectivity index (χ3n) is 3.73. The van der Waals surface area contributed by atoms with E-state index in [1.165, 1.54) is 25.9 Å². The van der Waals surface area contributed by atoms with Gasteiger partial charge in [-0.3, -0.25) is 4.79 Å². The molecule has 0 radical (unpaired) electrons. The summed E-state index contributed by atoms with van der Waals surface area (Å²) in [6.45, 7) is 3.91. The molecule has 0 aromatic heterocycles. The van der Waals surface area contributed by atoms with E-state index in [2.05, 4.69) is 11.9 Å². The van der Waals surface area contributed by atoms with E-state index < -0.39 is 0 Å². The molecule has 17 heavy (non-hydrogen) atoms. The number of likely N-dealkylation sites (tertiary alicyclic amines) is 1. The topological polar surface area (TPSA) is 49.6 Å². The van der Waals surface area contributed by atoms with E-state index in [1.807, 2.05) is 11.9 Å². The van der Waals surface area contributed by atoms with Gasteiger partial charge in [0, 0.05) is 20.0 Å². The second-order valence-corrected chi connectivity index (χ2v) is 5.24. The van der Waals surface area contributed by atoms with Crippen LogP contribution in [-0.2, 0) is 4.79 Å². The average molecular weight is 241 g/mol. The smallest absolute Gasteiger partial charge is 0.222 e. The van der Waals surface area contributed by atoms with Gasteiger partial charge >= 0.3 is 0 Å². The number of piperidine rings is 1. The van der Waals surface area contributed by atoms with E-state index in [0.29, 0.717) is 13.0 Å². The molecule has 1 saturated heterocycles. The zero-order valence-electron chi connectivity index (χ0n) is 11.3. The third-order valence-corrected chi connectivity index (χ3v) is 3.73.